The van der Waals surface area contributed by atoms with E-state index >= 15 is 4.39 Å². The number of halogens is 4. The summed E-state index contributed by atoms with van der Waals surface area (Å²) in [7, 11) is 0. The third-order valence-electron chi connectivity index (χ3n) is 6.17. The molecule has 2 aliphatic rings. The lowest BCUT2D eigenvalue weighted by molar-refractivity contribution is -0.178. The number of carboxylic acid groups (broad SMARTS) is 1. The third kappa shape index (κ3) is 3.23. The summed E-state index contributed by atoms with van der Waals surface area (Å²) in [5.74, 6) is -4.77. The second-order valence-corrected chi connectivity index (χ2v) is 8.12. The third-order valence-corrected chi connectivity index (χ3v) is 6.17. The fourth-order valence-electron chi connectivity index (χ4n) is 4.55. The normalized spacial score (nSPS) is 22.1. The number of hydrogen-bond acceptors (Lipinski definition) is 4. The Bertz CT molecular complexity index is 1090. The minimum atomic E-state index is -4.45. The summed E-state index contributed by atoms with van der Waals surface area (Å²) in [6, 6.07) is 1.32. The molecule has 0 unspecified atom stereocenters. The van der Waals surface area contributed by atoms with Crippen LogP contribution in [0, 0.1) is 24.6 Å². The molecule has 4 rings (SSSR count). The number of aryl methyl sites for hydroxylation is 1. The van der Waals surface area contributed by atoms with E-state index in [2.05, 4.69) is 0 Å². The molecule has 10 heteroatoms. The van der Waals surface area contributed by atoms with E-state index < -0.39 is 47.5 Å². The summed E-state index contributed by atoms with van der Waals surface area (Å²) in [6.45, 7) is 0.905. The Labute approximate surface area is 168 Å². The van der Waals surface area contributed by atoms with Crippen LogP contribution in [0.1, 0.15) is 40.2 Å². The number of carbonyl (C=O) groups is 1. The van der Waals surface area contributed by atoms with Crippen LogP contribution in [0.2, 0.25) is 0 Å². The van der Waals surface area contributed by atoms with E-state index in [1.807, 2.05) is 0 Å². The molecule has 1 saturated carbocycles. The smallest absolute Gasteiger partial charge is 0.393 e. The molecule has 0 radical (unpaired) electrons. The van der Waals surface area contributed by atoms with Crippen LogP contribution < -0.4 is 16.2 Å². The predicted molar refractivity (Wildman–Crippen MR) is 102 cm³/mol. The maximum atomic E-state index is 15.1. The van der Waals surface area contributed by atoms with Crippen LogP contribution in [0.25, 0.3) is 5.52 Å². The van der Waals surface area contributed by atoms with Crippen LogP contribution in [0.5, 0.6) is 0 Å². The van der Waals surface area contributed by atoms with Crippen LogP contribution >= 0.6 is 0 Å². The van der Waals surface area contributed by atoms with E-state index in [9.17, 15) is 27.9 Å². The number of nitrogens with two attached hydrogens (primary N) is 1. The topological polar surface area (TPSA) is 88.0 Å². The first-order valence-electron chi connectivity index (χ1n) is 9.68. The summed E-state index contributed by atoms with van der Waals surface area (Å²) in [5.41, 5.74) is 5.51. The Balaban J connectivity index is 1.91. The van der Waals surface area contributed by atoms with Crippen LogP contribution in [0.3, 0.4) is 0 Å². The standard InChI is InChI=1S/C20H21F4N3O3/c1-9-16-12(10-2-3-10)4-13(19(29)30)18(28)27(16)8-15(21)17(9)26-6-11(5-25)14(7-26)20(22,23)24/h4,8,10-11,14H,2-3,5-7,25H2,1H3,(H,29,30)/t11-,14-/m1/s1. The van der Waals surface area contributed by atoms with Gasteiger partial charge in [-0.25, -0.2) is 9.18 Å². The molecule has 2 atom stereocenters. The molecule has 2 aromatic rings. The van der Waals surface area contributed by atoms with Gasteiger partial charge in [-0.05, 0) is 49.4 Å². The van der Waals surface area contributed by atoms with E-state index in [-0.39, 0.29) is 24.7 Å². The maximum Gasteiger partial charge on any atom is 0.393 e. The summed E-state index contributed by atoms with van der Waals surface area (Å²) in [4.78, 5) is 25.4. The lowest BCUT2D eigenvalue weighted by Gasteiger charge is -2.24. The maximum absolute atomic E-state index is 15.1. The number of anilines is 1. The van der Waals surface area contributed by atoms with Gasteiger partial charge in [0.2, 0.25) is 0 Å². The number of pyridine rings is 2. The molecule has 0 spiro atoms. The van der Waals surface area contributed by atoms with E-state index in [4.69, 9.17) is 5.73 Å². The van der Waals surface area contributed by atoms with E-state index in [0.717, 1.165) is 23.4 Å². The zero-order valence-electron chi connectivity index (χ0n) is 16.2. The number of alkyl halides is 3. The first kappa shape index (κ1) is 20.6. The van der Waals surface area contributed by atoms with Gasteiger partial charge in [0.25, 0.3) is 5.56 Å². The number of nitrogens with zero attached hydrogens (tertiary/aromatic N) is 2. The second-order valence-electron chi connectivity index (χ2n) is 8.12. The average molecular weight is 427 g/mol. The van der Waals surface area contributed by atoms with Gasteiger partial charge in [0, 0.05) is 19.0 Å². The monoisotopic (exact) mass is 427 g/mol. The van der Waals surface area contributed by atoms with Crippen LogP contribution in [-0.2, 0) is 0 Å². The number of carboxylic acids is 1. The highest BCUT2D eigenvalue weighted by molar-refractivity contribution is 5.89. The fourth-order valence-corrected chi connectivity index (χ4v) is 4.55. The summed E-state index contributed by atoms with van der Waals surface area (Å²) in [5, 5.41) is 9.35. The van der Waals surface area contributed by atoms with Crippen molar-refractivity contribution in [2.75, 3.05) is 24.5 Å². The van der Waals surface area contributed by atoms with Gasteiger partial charge < -0.3 is 15.7 Å². The molecule has 162 valence electrons. The molecule has 0 bridgehead atoms. The summed E-state index contributed by atoms with van der Waals surface area (Å²) in [6.07, 6.45) is -1.97. The van der Waals surface area contributed by atoms with Gasteiger partial charge in [0.15, 0.2) is 5.82 Å². The zero-order chi connectivity index (χ0) is 22.0. The number of aromatic carboxylic acids is 1. The average Bonchev–Trinajstić information content (AvgIpc) is 3.40. The van der Waals surface area contributed by atoms with Crippen molar-refractivity contribution in [1.29, 1.82) is 0 Å². The molecule has 1 saturated heterocycles. The van der Waals surface area contributed by atoms with Gasteiger partial charge in [-0.1, -0.05) is 0 Å². The number of aromatic nitrogens is 1. The molecule has 6 nitrogen and oxygen atoms in total. The van der Waals surface area contributed by atoms with Crippen LogP contribution in [0.4, 0.5) is 23.2 Å². The molecule has 3 N–H and O–H groups in total. The molecular weight excluding hydrogens is 406 g/mol. The fraction of sp³-hybridized carbons (Fsp3) is 0.500. The van der Waals surface area contributed by atoms with Gasteiger partial charge >= 0.3 is 12.1 Å². The highest BCUT2D eigenvalue weighted by Gasteiger charge is 2.49. The van der Waals surface area contributed by atoms with Crippen molar-refractivity contribution in [3.8, 4) is 0 Å². The Morgan fingerprint density at radius 1 is 1.30 bits per heavy atom. The van der Waals surface area contributed by atoms with Crippen LogP contribution in [-0.4, -0.2) is 41.3 Å². The molecule has 2 aromatic heterocycles. The highest BCUT2D eigenvalue weighted by atomic mass is 19.4. The Hall–Kier alpha value is -2.62. The quantitative estimate of drug-likeness (QED) is 0.733. The predicted octanol–water partition coefficient (Wildman–Crippen LogP) is 2.90. The minimum Gasteiger partial charge on any atom is -0.477 e. The van der Waals surface area contributed by atoms with Crippen molar-refractivity contribution in [2.24, 2.45) is 17.6 Å². The number of rotatable bonds is 4. The first-order chi connectivity index (χ1) is 14.0. The summed E-state index contributed by atoms with van der Waals surface area (Å²) < 4.78 is 56.3. The Morgan fingerprint density at radius 3 is 2.47 bits per heavy atom. The largest absolute Gasteiger partial charge is 0.477 e. The van der Waals surface area contributed by atoms with Gasteiger partial charge in [-0.2, -0.15) is 13.2 Å². The summed E-state index contributed by atoms with van der Waals surface area (Å²) >= 11 is 0. The molecule has 0 amide bonds. The Kier molecular flexibility index (Phi) is 4.80. The van der Waals surface area contributed by atoms with Crippen molar-refractivity contribution in [2.45, 2.75) is 31.9 Å². The van der Waals surface area contributed by atoms with Crippen molar-refractivity contribution in [1.82, 2.24) is 4.40 Å². The molecule has 2 fully saturated rings. The SMILES string of the molecule is Cc1c(N2C[C@@H](CN)[C@H](C(F)(F)F)C2)c(F)cn2c(=O)c(C(=O)O)cc(C3CC3)c12. The van der Waals surface area contributed by atoms with Gasteiger partial charge in [-0.15, -0.1) is 0 Å². The second kappa shape index (κ2) is 6.97. The minimum absolute atomic E-state index is 0.00424. The molecular formula is C20H21F4N3O3. The zero-order valence-corrected chi connectivity index (χ0v) is 16.2. The van der Waals surface area contributed by atoms with Crippen molar-refractivity contribution in [3.05, 3.63) is 45.1 Å². The Morgan fingerprint density at radius 2 is 1.97 bits per heavy atom. The van der Waals surface area contributed by atoms with E-state index in [1.54, 1.807) is 6.92 Å². The number of hydrogen-bond donors (Lipinski definition) is 2. The lowest BCUT2D eigenvalue weighted by Crippen LogP contribution is -2.33. The van der Waals surface area contributed by atoms with Crippen molar-refractivity contribution in [3.63, 3.8) is 0 Å². The molecule has 1 aliphatic heterocycles. The van der Waals surface area contributed by atoms with Gasteiger partial charge in [0.05, 0.1) is 23.3 Å². The van der Waals surface area contributed by atoms with E-state index in [0.29, 0.717) is 16.6 Å². The van der Waals surface area contributed by atoms with Gasteiger partial charge in [-0.3, -0.25) is 9.20 Å². The van der Waals surface area contributed by atoms with Crippen molar-refractivity contribution < 1.29 is 27.5 Å². The number of fused-ring (bicyclic) bond motifs is 1. The molecule has 30 heavy (non-hydrogen) atoms. The van der Waals surface area contributed by atoms with E-state index in [1.165, 1.54) is 11.0 Å². The highest BCUT2D eigenvalue weighted by Crippen LogP contribution is 2.45. The molecule has 1 aliphatic carbocycles. The molecule has 3 heterocycles. The van der Waals surface area contributed by atoms with Crippen molar-refractivity contribution >= 4 is 17.2 Å². The van der Waals surface area contributed by atoms with Gasteiger partial charge in [0.1, 0.15) is 5.56 Å². The van der Waals surface area contributed by atoms with Crippen LogP contribution in [0.15, 0.2) is 17.1 Å². The molecule has 0 aromatic carbocycles. The first-order valence-corrected chi connectivity index (χ1v) is 9.68. The lowest BCUT2D eigenvalue weighted by atomic mass is 9.96.